The van der Waals surface area contributed by atoms with E-state index in [2.05, 4.69) is 209 Å². The van der Waals surface area contributed by atoms with Crippen LogP contribution in [-0.4, -0.2) is 14.8 Å². The van der Waals surface area contributed by atoms with E-state index in [9.17, 15) is 0 Å². The van der Waals surface area contributed by atoms with E-state index in [0.29, 0.717) is 0 Å². The molecule has 1 aliphatic rings. The third kappa shape index (κ3) is 4.81. The quantitative estimate of drug-likeness (QED) is 0.192. The third-order valence-electron chi connectivity index (χ3n) is 10.9. The second-order valence-corrected chi connectivity index (χ2v) is 14.0. The average Bonchev–Trinajstić information content (AvgIpc) is 3.76. The number of aromatic nitrogens is 2. The van der Waals surface area contributed by atoms with Gasteiger partial charge in [-0.1, -0.05) is 127 Å². The maximum absolute atomic E-state index is 5.24. The van der Waals surface area contributed by atoms with Crippen molar-refractivity contribution in [1.82, 2.24) is 9.13 Å². The third-order valence-corrected chi connectivity index (χ3v) is 10.9. The zero-order valence-electron chi connectivity index (χ0n) is 29.4. The SMILES string of the molecule is c1ccc(C2=NC(c3ccc(-n4c5ccccc5c5cc(-c6ccc7c(c6)c6ccccc6n7-c6ccccc6)ccc54)cc3)Nc3ccccc32)cc1. The second-order valence-electron chi connectivity index (χ2n) is 14.0. The second kappa shape index (κ2) is 12.2. The van der Waals surface area contributed by atoms with Gasteiger partial charge in [0.25, 0.3) is 0 Å². The molecule has 54 heavy (non-hydrogen) atoms. The van der Waals surface area contributed by atoms with Gasteiger partial charge in [0.1, 0.15) is 6.17 Å². The van der Waals surface area contributed by atoms with Gasteiger partial charge >= 0.3 is 0 Å². The summed E-state index contributed by atoms with van der Waals surface area (Å²) in [5.74, 6) is 0. The number of hydrogen-bond donors (Lipinski definition) is 1. The van der Waals surface area contributed by atoms with Gasteiger partial charge in [-0.05, 0) is 83.4 Å². The van der Waals surface area contributed by atoms with Crippen molar-refractivity contribution in [1.29, 1.82) is 0 Å². The Morgan fingerprint density at radius 1 is 0.389 bits per heavy atom. The number of para-hydroxylation sites is 4. The molecular formula is C50H34N4. The van der Waals surface area contributed by atoms with Crippen LogP contribution in [0.5, 0.6) is 0 Å². The number of fused-ring (bicyclic) bond motifs is 7. The molecule has 10 aromatic rings. The zero-order valence-corrected chi connectivity index (χ0v) is 29.4. The highest BCUT2D eigenvalue weighted by molar-refractivity contribution is 6.17. The van der Waals surface area contributed by atoms with Crippen molar-refractivity contribution in [2.24, 2.45) is 4.99 Å². The smallest absolute Gasteiger partial charge is 0.145 e. The number of anilines is 1. The molecule has 0 spiro atoms. The standard InChI is InChI=1S/C50H34N4/c1-3-13-33(14-4-1)49-41-19-7-10-20-44(41)51-50(52-49)34-23-27-38(28-24-34)54-46-22-12-9-18-40(46)43-32-36(26-30-48(43)54)35-25-29-47-42(31-35)39-17-8-11-21-45(39)53(47)37-15-5-2-6-16-37/h1-32,50-51H. The number of nitrogens with one attached hydrogen (secondary N) is 1. The van der Waals surface area contributed by atoms with E-state index in [4.69, 9.17) is 4.99 Å². The first-order valence-corrected chi connectivity index (χ1v) is 18.5. The van der Waals surface area contributed by atoms with Crippen molar-refractivity contribution < 1.29 is 0 Å². The molecule has 1 unspecified atom stereocenters. The Morgan fingerprint density at radius 2 is 0.889 bits per heavy atom. The lowest BCUT2D eigenvalue weighted by molar-refractivity contribution is 0.827. The topological polar surface area (TPSA) is 34.2 Å². The van der Waals surface area contributed by atoms with E-state index in [-0.39, 0.29) is 6.17 Å². The monoisotopic (exact) mass is 690 g/mol. The van der Waals surface area contributed by atoms with Crippen LogP contribution in [0.3, 0.4) is 0 Å². The van der Waals surface area contributed by atoms with Crippen molar-refractivity contribution in [2.75, 3.05) is 5.32 Å². The normalized spacial score (nSPS) is 14.0. The van der Waals surface area contributed by atoms with Gasteiger partial charge in [0.05, 0.1) is 27.8 Å². The molecule has 1 aliphatic heterocycles. The van der Waals surface area contributed by atoms with Crippen molar-refractivity contribution >= 4 is 55.0 Å². The minimum atomic E-state index is -0.191. The lowest BCUT2D eigenvalue weighted by Crippen LogP contribution is -2.20. The molecule has 1 N–H and O–H groups in total. The fourth-order valence-electron chi connectivity index (χ4n) is 8.42. The molecule has 0 bridgehead atoms. The fourth-order valence-corrected chi connectivity index (χ4v) is 8.42. The van der Waals surface area contributed by atoms with E-state index in [1.165, 1.54) is 60.4 Å². The van der Waals surface area contributed by atoms with Gasteiger partial charge in [-0.25, -0.2) is 0 Å². The zero-order chi connectivity index (χ0) is 35.6. The molecule has 2 aromatic heterocycles. The van der Waals surface area contributed by atoms with Gasteiger partial charge in [-0.3, -0.25) is 4.99 Å². The summed E-state index contributed by atoms with van der Waals surface area (Å²) in [5, 5.41) is 8.67. The maximum atomic E-state index is 5.24. The number of nitrogens with zero attached hydrogens (tertiary/aromatic N) is 3. The largest absolute Gasteiger partial charge is 0.360 e. The molecule has 0 aliphatic carbocycles. The summed E-state index contributed by atoms with van der Waals surface area (Å²) in [6.07, 6.45) is -0.191. The van der Waals surface area contributed by atoms with Crippen LogP contribution in [0.4, 0.5) is 5.69 Å². The highest BCUT2D eigenvalue weighted by Gasteiger charge is 2.23. The van der Waals surface area contributed by atoms with Crippen LogP contribution in [0.2, 0.25) is 0 Å². The van der Waals surface area contributed by atoms with Gasteiger partial charge in [0.15, 0.2) is 0 Å². The molecule has 0 amide bonds. The average molecular weight is 691 g/mol. The molecule has 11 rings (SSSR count). The number of hydrogen-bond acceptors (Lipinski definition) is 2. The Morgan fingerprint density at radius 3 is 1.52 bits per heavy atom. The lowest BCUT2D eigenvalue weighted by atomic mass is 9.97. The molecule has 8 aromatic carbocycles. The van der Waals surface area contributed by atoms with Gasteiger partial charge < -0.3 is 14.5 Å². The summed E-state index contributed by atoms with van der Waals surface area (Å²) in [7, 11) is 0. The molecule has 1 atom stereocenters. The minimum Gasteiger partial charge on any atom is -0.360 e. The molecule has 3 heterocycles. The number of rotatable bonds is 5. The molecular weight excluding hydrogens is 657 g/mol. The molecule has 4 nitrogen and oxygen atoms in total. The predicted molar refractivity (Wildman–Crippen MR) is 225 cm³/mol. The first-order valence-electron chi connectivity index (χ1n) is 18.5. The van der Waals surface area contributed by atoms with Crippen LogP contribution >= 0.6 is 0 Å². The fraction of sp³-hybridized carbons (Fsp3) is 0.0200. The summed E-state index contributed by atoms with van der Waals surface area (Å²) in [6, 6.07) is 69.7. The highest BCUT2D eigenvalue weighted by atomic mass is 15.1. The summed E-state index contributed by atoms with van der Waals surface area (Å²) < 4.78 is 4.76. The Hall–Kier alpha value is -7.17. The molecule has 0 saturated heterocycles. The van der Waals surface area contributed by atoms with E-state index < -0.39 is 0 Å². The summed E-state index contributed by atoms with van der Waals surface area (Å²) >= 11 is 0. The van der Waals surface area contributed by atoms with E-state index in [1.54, 1.807) is 0 Å². The first-order chi connectivity index (χ1) is 26.8. The Balaban J connectivity index is 0.995. The molecule has 254 valence electrons. The molecule has 0 fully saturated rings. The van der Waals surface area contributed by atoms with Crippen molar-refractivity contribution in [2.45, 2.75) is 6.17 Å². The number of benzene rings is 8. The summed E-state index contributed by atoms with van der Waals surface area (Å²) in [4.78, 5) is 5.24. The Bertz CT molecular complexity index is 3060. The van der Waals surface area contributed by atoms with Crippen molar-refractivity contribution in [3.63, 3.8) is 0 Å². The van der Waals surface area contributed by atoms with Gasteiger partial charge in [0.2, 0.25) is 0 Å². The van der Waals surface area contributed by atoms with Crippen LogP contribution in [-0.2, 0) is 0 Å². The predicted octanol–water partition coefficient (Wildman–Crippen LogP) is 12.5. The van der Waals surface area contributed by atoms with Crippen molar-refractivity contribution in [3.05, 3.63) is 211 Å². The number of aliphatic imine (C=N–C) groups is 1. The summed E-state index contributed by atoms with van der Waals surface area (Å²) in [5.41, 5.74) is 15.0. The van der Waals surface area contributed by atoms with E-state index >= 15 is 0 Å². The summed E-state index contributed by atoms with van der Waals surface area (Å²) in [6.45, 7) is 0. The minimum absolute atomic E-state index is 0.191. The van der Waals surface area contributed by atoms with Gasteiger partial charge in [0, 0.05) is 49.7 Å². The molecule has 0 saturated carbocycles. The van der Waals surface area contributed by atoms with Gasteiger partial charge in [-0.15, -0.1) is 0 Å². The van der Waals surface area contributed by atoms with Crippen LogP contribution in [0, 0.1) is 0 Å². The highest BCUT2D eigenvalue weighted by Crippen LogP contribution is 2.39. The van der Waals surface area contributed by atoms with E-state index in [1.807, 2.05) is 0 Å². The molecule has 4 heteroatoms. The van der Waals surface area contributed by atoms with Crippen molar-refractivity contribution in [3.8, 4) is 22.5 Å². The Labute approximate surface area is 312 Å². The lowest BCUT2D eigenvalue weighted by Gasteiger charge is -2.26. The van der Waals surface area contributed by atoms with Crippen LogP contribution in [0.1, 0.15) is 22.9 Å². The van der Waals surface area contributed by atoms with Crippen LogP contribution < -0.4 is 5.32 Å². The van der Waals surface area contributed by atoms with Crippen LogP contribution in [0.15, 0.2) is 199 Å². The van der Waals surface area contributed by atoms with Crippen LogP contribution in [0.25, 0.3) is 66.1 Å². The maximum Gasteiger partial charge on any atom is 0.145 e. The van der Waals surface area contributed by atoms with E-state index in [0.717, 1.165) is 33.8 Å². The molecule has 0 radical (unpaired) electrons. The van der Waals surface area contributed by atoms with Gasteiger partial charge in [-0.2, -0.15) is 0 Å². The Kier molecular flexibility index (Phi) is 6.89. The first kappa shape index (κ1) is 30.5.